The maximum atomic E-state index is 11.5. The minimum absolute atomic E-state index is 0.229. The molecule has 0 aromatic carbocycles. The Morgan fingerprint density at radius 3 is 2.82 bits per heavy atom. The summed E-state index contributed by atoms with van der Waals surface area (Å²) < 4.78 is 6.53. The summed E-state index contributed by atoms with van der Waals surface area (Å²) in [4.78, 5) is 13.1. The number of rotatable bonds is 1. The highest BCUT2D eigenvalue weighted by Gasteiger charge is 2.27. The Bertz CT molecular complexity index is 439. The number of carbonyl (C=O) groups is 1. The minimum atomic E-state index is -0.313. The van der Waals surface area contributed by atoms with E-state index in [1.807, 2.05) is 18.5 Å². The third-order valence-corrected chi connectivity index (χ3v) is 3.02. The number of carbonyl (C=O) groups excluding carboxylic acids is 1. The summed E-state index contributed by atoms with van der Waals surface area (Å²) >= 11 is 0. The molecule has 17 heavy (non-hydrogen) atoms. The Kier molecular flexibility index (Phi) is 2.95. The monoisotopic (exact) mass is 238 g/mol. The fourth-order valence-electron chi connectivity index (χ4n) is 2.09. The molecule has 0 aliphatic carbocycles. The van der Waals surface area contributed by atoms with Gasteiger partial charge in [-0.05, 0) is 13.8 Å². The van der Waals surface area contributed by atoms with Crippen LogP contribution in [-0.2, 0) is 17.7 Å². The van der Waals surface area contributed by atoms with E-state index in [-0.39, 0.29) is 12.1 Å². The number of nitrogens with two attached hydrogens (primary N) is 1. The minimum Gasteiger partial charge on any atom is -0.453 e. The zero-order valence-electron chi connectivity index (χ0n) is 10.4. The number of aromatic nitrogens is 2. The van der Waals surface area contributed by atoms with Crippen LogP contribution in [0.2, 0.25) is 0 Å². The van der Waals surface area contributed by atoms with Crippen molar-refractivity contribution in [1.82, 2.24) is 14.7 Å². The first kappa shape index (κ1) is 11.8. The van der Waals surface area contributed by atoms with Gasteiger partial charge in [-0.3, -0.25) is 0 Å². The highest BCUT2D eigenvalue weighted by molar-refractivity contribution is 5.68. The van der Waals surface area contributed by atoms with Gasteiger partial charge in [0, 0.05) is 24.6 Å². The lowest BCUT2D eigenvalue weighted by Crippen LogP contribution is -2.35. The maximum absolute atomic E-state index is 11.5. The SMILES string of the molecule is COC(=O)N1CCc2nn(C(C)C)c(N)c2C1. The van der Waals surface area contributed by atoms with Crippen molar-refractivity contribution < 1.29 is 9.53 Å². The lowest BCUT2D eigenvalue weighted by Gasteiger charge is -2.24. The zero-order valence-corrected chi connectivity index (χ0v) is 10.4. The number of anilines is 1. The van der Waals surface area contributed by atoms with E-state index in [9.17, 15) is 4.79 Å². The summed E-state index contributed by atoms with van der Waals surface area (Å²) in [6.45, 7) is 5.19. The van der Waals surface area contributed by atoms with E-state index in [1.165, 1.54) is 7.11 Å². The molecule has 1 aliphatic heterocycles. The number of nitrogen functional groups attached to an aromatic ring is 1. The van der Waals surface area contributed by atoms with Gasteiger partial charge in [-0.1, -0.05) is 0 Å². The van der Waals surface area contributed by atoms with Gasteiger partial charge in [0.05, 0.1) is 19.3 Å². The second-order valence-electron chi connectivity index (χ2n) is 4.49. The molecule has 0 spiro atoms. The highest BCUT2D eigenvalue weighted by Crippen LogP contribution is 2.26. The van der Waals surface area contributed by atoms with Crippen LogP contribution in [0.1, 0.15) is 31.1 Å². The van der Waals surface area contributed by atoms with Gasteiger partial charge in [-0.2, -0.15) is 5.10 Å². The van der Waals surface area contributed by atoms with Crippen LogP contribution in [0.5, 0.6) is 0 Å². The van der Waals surface area contributed by atoms with Gasteiger partial charge in [-0.15, -0.1) is 0 Å². The van der Waals surface area contributed by atoms with Crippen molar-refractivity contribution in [2.24, 2.45) is 0 Å². The van der Waals surface area contributed by atoms with E-state index in [0.29, 0.717) is 18.9 Å². The van der Waals surface area contributed by atoms with E-state index >= 15 is 0 Å². The molecule has 0 saturated heterocycles. The maximum Gasteiger partial charge on any atom is 0.409 e. The number of methoxy groups -OCH3 is 1. The lowest BCUT2D eigenvalue weighted by molar-refractivity contribution is 0.118. The van der Waals surface area contributed by atoms with Crippen LogP contribution < -0.4 is 5.73 Å². The van der Waals surface area contributed by atoms with Crippen molar-refractivity contribution in [3.63, 3.8) is 0 Å². The van der Waals surface area contributed by atoms with E-state index in [2.05, 4.69) is 5.10 Å². The van der Waals surface area contributed by atoms with Gasteiger partial charge < -0.3 is 15.4 Å². The third kappa shape index (κ3) is 1.94. The number of fused-ring (bicyclic) bond motifs is 1. The van der Waals surface area contributed by atoms with Crippen LogP contribution >= 0.6 is 0 Å². The predicted molar refractivity (Wildman–Crippen MR) is 63.5 cm³/mol. The molecule has 2 heterocycles. The van der Waals surface area contributed by atoms with E-state index < -0.39 is 0 Å². The smallest absolute Gasteiger partial charge is 0.409 e. The third-order valence-electron chi connectivity index (χ3n) is 3.02. The molecule has 0 saturated carbocycles. The molecule has 94 valence electrons. The average molecular weight is 238 g/mol. The molecule has 0 atom stereocenters. The van der Waals surface area contributed by atoms with E-state index in [0.717, 1.165) is 17.7 Å². The number of hydrogen-bond acceptors (Lipinski definition) is 4. The molecule has 6 heteroatoms. The number of amides is 1. The van der Waals surface area contributed by atoms with Crippen LogP contribution in [0.4, 0.5) is 10.6 Å². The quantitative estimate of drug-likeness (QED) is 0.797. The molecule has 1 aromatic rings. The summed E-state index contributed by atoms with van der Waals surface area (Å²) in [5, 5.41) is 4.48. The summed E-state index contributed by atoms with van der Waals surface area (Å²) in [5.41, 5.74) is 8.00. The van der Waals surface area contributed by atoms with Crippen molar-refractivity contribution in [2.45, 2.75) is 32.9 Å². The van der Waals surface area contributed by atoms with Gasteiger partial charge in [-0.25, -0.2) is 9.48 Å². The normalized spacial score (nSPS) is 14.9. The van der Waals surface area contributed by atoms with Crippen molar-refractivity contribution >= 4 is 11.9 Å². The Hall–Kier alpha value is -1.72. The Balaban J connectivity index is 2.28. The fourth-order valence-corrected chi connectivity index (χ4v) is 2.09. The topological polar surface area (TPSA) is 73.4 Å². The molecule has 1 aromatic heterocycles. The molecule has 2 rings (SSSR count). The second-order valence-corrected chi connectivity index (χ2v) is 4.49. The van der Waals surface area contributed by atoms with Crippen LogP contribution in [0.3, 0.4) is 0 Å². The molecule has 0 radical (unpaired) electrons. The Labute approximate surface area is 100 Å². The zero-order chi connectivity index (χ0) is 12.6. The molecular formula is C11H18N4O2. The second kappa shape index (κ2) is 4.27. The first-order chi connectivity index (χ1) is 8.04. The number of nitrogens with zero attached hydrogens (tertiary/aromatic N) is 3. The molecular weight excluding hydrogens is 220 g/mol. The largest absolute Gasteiger partial charge is 0.453 e. The molecule has 6 nitrogen and oxygen atoms in total. The first-order valence-electron chi connectivity index (χ1n) is 5.73. The molecule has 0 fully saturated rings. The molecule has 0 bridgehead atoms. The van der Waals surface area contributed by atoms with Gasteiger partial charge >= 0.3 is 6.09 Å². The molecule has 0 unspecified atom stereocenters. The Morgan fingerprint density at radius 1 is 1.53 bits per heavy atom. The van der Waals surface area contributed by atoms with Crippen molar-refractivity contribution in [2.75, 3.05) is 19.4 Å². The summed E-state index contributed by atoms with van der Waals surface area (Å²) in [7, 11) is 1.39. The predicted octanol–water partition coefficient (Wildman–Crippen LogP) is 1.17. The van der Waals surface area contributed by atoms with Crippen LogP contribution in [0, 0.1) is 0 Å². The number of ether oxygens (including phenoxy) is 1. The van der Waals surface area contributed by atoms with E-state index in [4.69, 9.17) is 10.5 Å². The summed E-state index contributed by atoms with van der Waals surface area (Å²) in [5.74, 6) is 0.656. The van der Waals surface area contributed by atoms with Gasteiger partial charge in [0.2, 0.25) is 0 Å². The van der Waals surface area contributed by atoms with Crippen LogP contribution in [-0.4, -0.2) is 34.4 Å². The molecule has 1 amide bonds. The average Bonchev–Trinajstić information content (AvgIpc) is 2.65. The van der Waals surface area contributed by atoms with Crippen molar-refractivity contribution in [3.05, 3.63) is 11.3 Å². The first-order valence-corrected chi connectivity index (χ1v) is 5.73. The summed E-state index contributed by atoms with van der Waals surface area (Å²) in [6, 6.07) is 0.229. The van der Waals surface area contributed by atoms with Crippen LogP contribution in [0.15, 0.2) is 0 Å². The standard InChI is InChI=1S/C11H18N4O2/c1-7(2)15-10(12)8-6-14(11(16)17-3)5-4-9(8)13-15/h7H,4-6,12H2,1-3H3. The van der Waals surface area contributed by atoms with Crippen molar-refractivity contribution in [1.29, 1.82) is 0 Å². The van der Waals surface area contributed by atoms with E-state index in [1.54, 1.807) is 4.90 Å². The summed E-state index contributed by atoms with van der Waals surface area (Å²) in [6.07, 6.45) is 0.418. The fraction of sp³-hybridized carbons (Fsp3) is 0.636. The van der Waals surface area contributed by atoms with Crippen molar-refractivity contribution in [3.8, 4) is 0 Å². The van der Waals surface area contributed by atoms with Gasteiger partial charge in [0.1, 0.15) is 5.82 Å². The van der Waals surface area contributed by atoms with Gasteiger partial charge in [0.25, 0.3) is 0 Å². The lowest BCUT2D eigenvalue weighted by atomic mass is 10.1. The highest BCUT2D eigenvalue weighted by atomic mass is 16.5. The Morgan fingerprint density at radius 2 is 2.24 bits per heavy atom. The number of hydrogen-bond donors (Lipinski definition) is 1. The molecule has 2 N–H and O–H groups in total. The van der Waals surface area contributed by atoms with Gasteiger partial charge in [0.15, 0.2) is 0 Å². The molecule has 1 aliphatic rings. The van der Waals surface area contributed by atoms with Crippen LogP contribution in [0.25, 0.3) is 0 Å².